The second kappa shape index (κ2) is 9.00. The Hall–Kier alpha value is -3.67. The molecule has 0 saturated heterocycles. The van der Waals surface area contributed by atoms with Crippen molar-refractivity contribution in [2.45, 2.75) is 18.3 Å². The molecular formula is C25H23FN2O3. The molecule has 0 radical (unpaired) electrons. The monoisotopic (exact) mass is 418 g/mol. The number of hydrogen-bond acceptors (Lipinski definition) is 3. The quantitative estimate of drug-likeness (QED) is 0.573. The van der Waals surface area contributed by atoms with Crippen molar-refractivity contribution < 1.29 is 18.7 Å². The zero-order valence-corrected chi connectivity index (χ0v) is 16.9. The lowest BCUT2D eigenvalue weighted by molar-refractivity contribution is -0.118. The molecule has 2 N–H and O–H groups in total. The van der Waals surface area contributed by atoms with E-state index in [9.17, 15) is 14.0 Å². The summed E-state index contributed by atoms with van der Waals surface area (Å²) in [6.07, 6.45) is 2.07. The Kier molecular flexibility index (Phi) is 5.98. The van der Waals surface area contributed by atoms with Gasteiger partial charge in [0, 0.05) is 12.0 Å². The highest BCUT2D eigenvalue weighted by Crippen LogP contribution is 2.47. The van der Waals surface area contributed by atoms with Crippen molar-refractivity contribution in [2.24, 2.45) is 0 Å². The molecule has 3 aromatic rings. The predicted molar refractivity (Wildman–Crippen MR) is 117 cm³/mol. The fourth-order valence-electron chi connectivity index (χ4n) is 3.53. The molecule has 158 valence electrons. The number of para-hydroxylation sites is 2. The van der Waals surface area contributed by atoms with Gasteiger partial charge in [-0.3, -0.25) is 9.59 Å². The van der Waals surface area contributed by atoms with Crippen LogP contribution in [0.4, 0.5) is 10.1 Å². The summed E-state index contributed by atoms with van der Waals surface area (Å²) in [5.74, 6) is -0.995. The van der Waals surface area contributed by atoms with Crippen LogP contribution in [0.5, 0.6) is 5.75 Å². The average molecular weight is 418 g/mol. The molecule has 0 spiro atoms. The summed E-state index contributed by atoms with van der Waals surface area (Å²) >= 11 is 0. The van der Waals surface area contributed by atoms with Crippen LogP contribution < -0.4 is 15.4 Å². The van der Waals surface area contributed by atoms with E-state index in [1.54, 1.807) is 36.4 Å². The molecule has 1 aliphatic rings. The number of benzene rings is 3. The van der Waals surface area contributed by atoms with Gasteiger partial charge in [0.25, 0.3) is 11.8 Å². The van der Waals surface area contributed by atoms with Gasteiger partial charge in [-0.25, -0.2) is 4.39 Å². The van der Waals surface area contributed by atoms with Crippen molar-refractivity contribution in [3.8, 4) is 5.75 Å². The largest absolute Gasteiger partial charge is 0.483 e. The van der Waals surface area contributed by atoms with Crippen LogP contribution in [0.3, 0.4) is 0 Å². The van der Waals surface area contributed by atoms with Crippen LogP contribution in [0.15, 0.2) is 78.9 Å². The van der Waals surface area contributed by atoms with E-state index in [-0.39, 0.29) is 23.6 Å². The summed E-state index contributed by atoms with van der Waals surface area (Å²) in [6, 6.07) is 22.8. The summed E-state index contributed by atoms with van der Waals surface area (Å²) in [4.78, 5) is 24.9. The lowest BCUT2D eigenvalue weighted by atomic mass is 9.96. The molecule has 1 fully saturated rings. The van der Waals surface area contributed by atoms with E-state index in [1.807, 2.05) is 18.2 Å². The summed E-state index contributed by atoms with van der Waals surface area (Å²) in [7, 11) is 0. The molecule has 0 aliphatic heterocycles. The first-order valence-corrected chi connectivity index (χ1v) is 10.2. The van der Waals surface area contributed by atoms with Crippen molar-refractivity contribution in [1.29, 1.82) is 0 Å². The highest BCUT2D eigenvalue weighted by molar-refractivity contribution is 5.97. The van der Waals surface area contributed by atoms with Gasteiger partial charge in [0.15, 0.2) is 6.61 Å². The lowest BCUT2D eigenvalue weighted by Crippen LogP contribution is -2.32. The van der Waals surface area contributed by atoms with Crippen molar-refractivity contribution in [1.82, 2.24) is 5.32 Å². The fraction of sp³-hybridized carbons (Fsp3) is 0.200. The smallest absolute Gasteiger partial charge is 0.262 e. The Morgan fingerprint density at radius 1 is 0.903 bits per heavy atom. The molecule has 6 heteroatoms. The van der Waals surface area contributed by atoms with Gasteiger partial charge in [0.1, 0.15) is 11.6 Å². The summed E-state index contributed by atoms with van der Waals surface area (Å²) in [6.45, 7) is 0.199. The number of amides is 2. The zero-order valence-electron chi connectivity index (χ0n) is 16.9. The normalized spacial score (nSPS) is 13.8. The van der Waals surface area contributed by atoms with Gasteiger partial charge in [-0.15, -0.1) is 0 Å². The van der Waals surface area contributed by atoms with Crippen LogP contribution in [-0.2, 0) is 10.2 Å². The Morgan fingerprint density at radius 2 is 1.58 bits per heavy atom. The van der Waals surface area contributed by atoms with Crippen molar-refractivity contribution >= 4 is 17.5 Å². The van der Waals surface area contributed by atoms with Crippen LogP contribution in [-0.4, -0.2) is 25.0 Å². The molecule has 1 aliphatic carbocycles. The Morgan fingerprint density at radius 3 is 2.32 bits per heavy atom. The maximum atomic E-state index is 13.7. The van der Waals surface area contributed by atoms with Gasteiger partial charge >= 0.3 is 0 Å². The second-order valence-corrected chi connectivity index (χ2v) is 7.64. The van der Waals surface area contributed by atoms with Gasteiger partial charge in [0.05, 0.1) is 11.3 Å². The molecule has 5 nitrogen and oxygen atoms in total. The van der Waals surface area contributed by atoms with Gasteiger partial charge in [-0.1, -0.05) is 54.6 Å². The van der Waals surface area contributed by atoms with Crippen LogP contribution in [0, 0.1) is 5.82 Å². The number of nitrogens with one attached hydrogen (secondary N) is 2. The molecule has 1 saturated carbocycles. The Balaban J connectivity index is 1.36. The maximum Gasteiger partial charge on any atom is 0.262 e. The highest BCUT2D eigenvalue weighted by atomic mass is 19.1. The third kappa shape index (κ3) is 4.91. The SMILES string of the molecule is O=C(COc1ccccc1C(=O)NCC1(c2ccccc2)CC1)Nc1ccccc1F. The standard InChI is InChI=1S/C25H23FN2O3/c26-20-11-5-6-12-21(20)28-23(29)16-31-22-13-7-4-10-19(22)24(30)27-17-25(14-15-25)18-8-2-1-3-9-18/h1-13H,14-17H2,(H,27,30)(H,28,29). The van der Waals surface area contributed by atoms with Crippen LogP contribution in [0.25, 0.3) is 0 Å². The van der Waals surface area contributed by atoms with E-state index in [1.165, 1.54) is 17.7 Å². The number of carbonyl (C=O) groups is 2. The van der Waals surface area contributed by atoms with E-state index >= 15 is 0 Å². The van der Waals surface area contributed by atoms with E-state index in [0.29, 0.717) is 17.9 Å². The van der Waals surface area contributed by atoms with Gasteiger partial charge in [-0.05, 0) is 42.7 Å². The molecule has 4 rings (SSSR count). The minimum atomic E-state index is -0.525. The van der Waals surface area contributed by atoms with Crippen LogP contribution in [0.2, 0.25) is 0 Å². The first-order chi connectivity index (χ1) is 15.1. The Bertz CT molecular complexity index is 1080. The molecule has 3 aromatic carbocycles. The van der Waals surface area contributed by atoms with Crippen LogP contribution in [0.1, 0.15) is 28.8 Å². The number of anilines is 1. The fourth-order valence-corrected chi connectivity index (χ4v) is 3.53. The van der Waals surface area contributed by atoms with E-state index < -0.39 is 11.7 Å². The molecule has 2 amide bonds. The number of ether oxygens (including phenoxy) is 1. The Labute approximate surface area is 180 Å². The van der Waals surface area contributed by atoms with Crippen molar-refractivity contribution in [3.05, 3.63) is 95.8 Å². The van der Waals surface area contributed by atoms with Gasteiger partial charge in [0.2, 0.25) is 0 Å². The topological polar surface area (TPSA) is 67.4 Å². The molecule has 31 heavy (non-hydrogen) atoms. The first kappa shape index (κ1) is 20.6. The molecule has 0 atom stereocenters. The highest BCUT2D eigenvalue weighted by Gasteiger charge is 2.44. The third-order valence-corrected chi connectivity index (χ3v) is 5.47. The number of carbonyl (C=O) groups excluding carboxylic acids is 2. The van der Waals surface area contributed by atoms with Crippen LogP contribution >= 0.6 is 0 Å². The third-order valence-electron chi connectivity index (χ3n) is 5.47. The van der Waals surface area contributed by atoms with Crippen molar-refractivity contribution in [2.75, 3.05) is 18.5 Å². The first-order valence-electron chi connectivity index (χ1n) is 10.2. The number of hydrogen-bond donors (Lipinski definition) is 2. The minimum absolute atomic E-state index is 0.00758. The molecule has 0 bridgehead atoms. The van der Waals surface area contributed by atoms with E-state index in [0.717, 1.165) is 12.8 Å². The predicted octanol–water partition coefficient (Wildman–Crippen LogP) is 4.30. The summed E-state index contributed by atoms with van der Waals surface area (Å²) < 4.78 is 19.3. The molecule has 0 unspecified atom stereocenters. The second-order valence-electron chi connectivity index (χ2n) is 7.64. The van der Waals surface area contributed by atoms with Gasteiger partial charge in [-0.2, -0.15) is 0 Å². The average Bonchev–Trinajstić information content (AvgIpc) is 3.60. The minimum Gasteiger partial charge on any atom is -0.483 e. The van der Waals surface area contributed by atoms with Gasteiger partial charge < -0.3 is 15.4 Å². The lowest BCUT2D eigenvalue weighted by Gasteiger charge is -2.17. The molecule has 0 heterocycles. The zero-order chi connectivity index (χ0) is 21.7. The number of halogens is 1. The molecular weight excluding hydrogens is 395 g/mol. The summed E-state index contributed by atoms with van der Waals surface area (Å²) in [5, 5.41) is 5.47. The van der Waals surface area contributed by atoms with E-state index in [4.69, 9.17) is 4.74 Å². The molecule has 0 aromatic heterocycles. The summed E-state index contributed by atoms with van der Waals surface area (Å²) in [5.41, 5.74) is 1.65. The maximum absolute atomic E-state index is 13.7. The van der Waals surface area contributed by atoms with E-state index in [2.05, 4.69) is 22.8 Å². The number of rotatable bonds is 8. The van der Waals surface area contributed by atoms with Crippen molar-refractivity contribution in [3.63, 3.8) is 0 Å².